The SMILES string of the molecule is CCC(NC(=O)CCn1nc(C(F)(F)F)c(Cl)c1C1CC1)C12CC3CC(CC(C3)C1)C2. The molecule has 0 spiro atoms. The lowest BCUT2D eigenvalue weighted by molar-refractivity contribution is -0.141. The molecule has 0 aromatic carbocycles. The maximum atomic E-state index is 13.3. The van der Waals surface area contributed by atoms with Crippen molar-refractivity contribution < 1.29 is 18.0 Å². The fraction of sp³-hybridized carbons (Fsp3) is 0.826. The zero-order valence-corrected chi connectivity index (χ0v) is 18.7. The molecule has 4 bridgehead atoms. The molecule has 1 aromatic heterocycles. The minimum atomic E-state index is -4.58. The molecular weight excluding hydrogens is 427 g/mol. The number of aryl methyl sites for hydroxylation is 1. The summed E-state index contributed by atoms with van der Waals surface area (Å²) in [4.78, 5) is 12.9. The predicted molar refractivity (Wildman–Crippen MR) is 112 cm³/mol. The Kier molecular flexibility index (Phi) is 5.34. The molecule has 31 heavy (non-hydrogen) atoms. The highest BCUT2D eigenvalue weighted by molar-refractivity contribution is 6.32. The van der Waals surface area contributed by atoms with E-state index in [4.69, 9.17) is 11.6 Å². The number of hydrogen-bond acceptors (Lipinski definition) is 2. The first-order valence-electron chi connectivity index (χ1n) is 11.8. The molecule has 6 rings (SSSR count). The molecule has 5 aliphatic carbocycles. The third-order valence-electron chi connectivity index (χ3n) is 8.28. The van der Waals surface area contributed by atoms with Crippen molar-refractivity contribution >= 4 is 17.5 Å². The number of carbonyl (C=O) groups excluding carboxylic acids is 1. The number of aromatic nitrogens is 2. The van der Waals surface area contributed by atoms with E-state index in [2.05, 4.69) is 17.3 Å². The normalized spacial score (nSPS) is 33.0. The molecule has 5 saturated carbocycles. The van der Waals surface area contributed by atoms with Gasteiger partial charge in [0.25, 0.3) is 0 Å². The molecule has 1 heterocycles. The molecule has 1 unspecified atom stereocenters. The second kappa shape index (κ2) is 7.67. The summed E-state index contributed by atoms with van der Waals surface area (Å²) < 4.78 is 41.1. The van der Waals surface area contributed by atoms with E-state index < -0.39 is 11.9 Å². The lowest BCUT2D eigenvalue weighted by atomic mass is 9.47. The highest BCUT2D eigenvalue weighted by Gasteiger charge is 2.54. The number of hydrogen-bond donors (Lipinski definition) is 1. The highest BCUT2D eigenvalue weighted by Crippen LogP contribution is 2.61. The van der Waals surface area contributed by atoms with E-state index in [1.54, 1.807) is 0 Å². The van der Waals surface area contributed by atoms with E-state index >= 15 is 0 Å². The zero-order valence-electron chi connectivity index (χ0n) is 18.0. The van der Waals surface area contributed by atoms with Crippen LogP contribution in [0.4, 0.5) is 13.2 Å². The summed E-state index contributed by atoms with van der Waals surface area (Å²) in [6.07, 6.45) is 5.79. The van der Waals surface area contributed by atoms with Crippen LogP contribution in [0.15, 0.2) is 0 Å². The lowest BCUT2D eigenvalue weighted by Gasteiger charge is -2.59. The maximum absolute atomic E-state index is 13.3. The van der Waals surface area contributed by atoms with Gasteiger partial charge in [0, 0.05) is 18.4 Å². The van der Waals surface area contributed by atoms with E-state index in [9.17, 15) is 18.0 Å². The monoisotopic (exact) mass is 457 g/mol. The Bertz CT molecular complexity index is 826. The average molecular weight is 458 g/mol. The van der Waals surface area contributed by atoms with Gasteiger partial charge in [0.15, 0.2) is 5.69 Å². The average Bonchev–Trinajstić information content (AvgIpc) is 3.45. The maximum Gasteiger partial charge on any atom is 0.436 e. The Hall–Kier alpha value is -1.24. The number of halogens is 4. The van der Waals surface area contributed by atoms with Gasteiger partial charge < -0.3 is 5.32 Å². The summed E-state index contributed by atoms with van der Waals surface area (Å²) in [6, 6.07) is 0.156. The van der Waals surface area contributed by atoms with Crippen molar-refractivity contribution in [2.45, 2.75) is 95.8 Å². The third-order valence-corrected chi connectivity index (χ3v) is 8.66. The van der Waals surface area contributed by atoms with Gasteiger partial charge in [-0.05, 0) is 81.0 Å². The van der Waals surface area contributed by atoms with Gasteiger partial charge in [-0.15, -0.1) is 0 Å². The van der Waals surface area contributed by atoms with Crippen molar-refractivity contribution in [3.8, 4) is 0 Å². The molecule has 4 nitrogen and oxygen atoms in total. The fourth-order valence-corrected chi connectivity index (χ4v) is 7.71. The lowest BCUT2D eigenvalue weighted by Crippen LogP contribution is -2.56. The van der Waals surface area contributed by atoms with Crippen LogP contribution >= 0.6 is 11.6 Å². The topological polar surface area (TPSA) is 46.9 Å². The molecule has 172 valence electrons. The van der Waals surface area contributed by atoms with E-state index in [-0.39, 0.29) is 41.3 Å². The highest BCUT2D eigenvalue weighted by atomic mass is 35.5. The summed E-state index contributed by atoms with van der Waals surface area (Å²) in [5, 5.41) is 6.73. The fourth-order valence-electron chi connectivity index (χ4n) is 7.32. The van der Waals surface area contributed by atoms with Crippen molar-refractivity contribution in [1.82, 2.24) is 15.1 Å². The van der Waals surface area contributed by atoms with Crippen LogP contribution in [0.5, 0.6) is 0 Å². The summed E-state index contributed by atoms with van der Waals surface area (Å²) in [7, 11) is 0. The van der Waals surface area contributed by atoms with Gasteiger partial charge in [0.2, 0.25) is 5.91 Å². The Morgan fingerprint density at radius 3 is 2.26 bits per heavy atom. The van der Waals surface area contributed by atoms with Crippen LogP contribution in [-0.4, -0.2) is 21.7 Å². The van der Waals surface area contributed by atoms with Crippen LogP contribution in [-0.2, 0) is 17.5 Å². The summed E-state index contributed by atoms with van der Waals surface area (Å²) in [6.45, 7) is 2.27. The Morgan fingerprint density at radius 1 is 1.19 bits per heavy atom. The van der Waals surface area contributed by atoms with Gasteiger partial charge in [-0.25, -0.2) is 0 Å². The van der Waals surface area contributed by atoms with Crippen LogP contribution in [0, 0.1) is 23.2 Å². The Morgan fingerprint density at radius 2 is 1.77 bits per heavy atom. The molecule has 1 N–H and O–H groups in total. The minimum Gasteiger partial charge on any atom is -0.353 e. The summed E-state index contributed by atoms with van der Waals surface area (Å²) in [5.74, 6) is 2.36. The van der Waals surface area contributed by atoms with Gasteiger partial charge in [-0.1, -0.05) is 18.5 Å². The van der Waals surface area contributed by atoms with Crippen LogP contribution in [0.1, 0.15) is 88.4 Å². The summed E-state index contributed by atoms with van der Waals surface area (Å²) >= 11 is 6.04. The number of rotatable bonds is 7. The molecule has 0 saturated heterocycles. The molecule has 0 radical (unpaired) electrons. The smallest absolute Gasteiger partial charge is 0.353 e. The number of nitrogens with one attached hydrogen (secondary N) is 1. The van der Waals surface area contributed by atoms with E-state index in [0.717, 1.165) is 37.0 Å². The standard InChI is InChI=1S/C23H31ClF3N3O/c1-2-17(22-10-13-7-14(11-22)9-15(8-13)12-22)28-18(31)5-6-30-20(16-3-4-16)19(24)21(29-30)23(25,26)27/h13-17H,2-12H2,1H3,(H,28,31). The van der Waals surface area contributed by atoms with Crippen molar-refractivity contribution in [3.63, 3.8) is 0 Å². The zero-order chi connectivity index (χ0) is 22.0. The number of amides is 1. The predicted octanol–water partition coefficient (Wildman–Crippen LogP) is 5.93. The number of carbonyl (C=O) groups is 1. The van der Waals surface area contributed by atoms with Crippen LogP contribution in [0.2, 0.25) is 5.02 Å². The molecule has 8 heteroatoms. The van der Waals surface area contributed by atoms with Crippen molar-refractivity contribution in [2.24, 2.45) is 23.2 Å². The third kappa shape index (κ3) is 4.00. The first-order valence-corrected chi connectivity index (χ1v) is 12.2. The van der Waals surface area contributed by atoms with E-state index in [1.165, 1.54) is 43.2 Å². The van der Waals surface area contributed by atoms with Gasteiger partial charge >= 0.3 is 6.18 Å². The Labute approximate surface area is 186 Å². The van der Waals surface area contributed by atoms with E-state index in [1.807, 2.05) is 0 Å². The largest absolute Gasteiger partial charge is 0.436 e. The van der Waals surface area contributed by atoms with Gasteiger partial charge in [-0.2, -0.15) is 18.3 Å². The molecule has 0 aliphatic heterocycles. The van der Waals surface area contributed by atoms with Crippen molar-refractivity contribution in [2.75, 3.05) is 0 Å². The van der Waals surface area contributed by atoms with Gasteiger partial charge in [-0.3, -0.25) is 9.48 Å². The molecule has 1 amide bonds. The first kappa shape index (κ1) is 21.6. The molecule has 5 aliphatic rings. The van der Waals surface area contributed by atoms with Crippen LogP contribution in [0.25, 0.3) is 0 Å². The molecule has 5 fully saturated rings. The Balaban J connectivity index is 1.26. The summed E-state index contributed by atoms with van der Waals surface area (Å²) in [5.41, 5.74) is -0.372. The molecular formula is C23H31ClF3N3O. The first-order chi connectivity index (χ1) is 14.7. The van der Waals surface area contributed by atoms with Gasteiger partial charge in [0.1, 0.15) is 0 Å². The molecule has 1 aromatic rings. The minimum absolute atomic E-state index is 0.0228. The quantitative estimate of drug-likeness (QED) is 0.551. The second-order valence-corrected chi connectivity index (χ2v) is 11.0. The van der Waals surface area contributed by atoms with Crippen molar-refractivity contribution in [1.29, 1.82) is 0 Å². The van der Waals surface area contributed by atoms with Crippen LogP contribution < -0.4 is 5.32 Å². The van der Waals surface area contributed by atoms with Crippen LogP contribution in [0.3, 0.4) is 0 Å². The number of nitrogens with zero attached hydrogens (tertiary/aromatic N) is 2. The second-order valence-electron chi connectivity index (χ2n) is 10.6. The van der Waals surface area contributed by atoms with Gasteiger partial charge in [0.05, 0.1) is 17.3 Å². The van der Waals surface area contributed by atoms with Crippen molar-refractivity contribution in [3.05, 3.63) is 16.4 Å². The number of alkyl halides is 3. The van der Waals surface area contributed by atoms with E-state index in [0.29, 0.717) is 5.69 Å². The molecule has 1 atom stereocenters.